The van der Waals surface area contributed by atoms with Gasteiger partial charge in [-0.1, -0.05) is 30.4 Å². The number of hydrogen-bond acceptors (Lipinski definition) is 3. The summed E-state index contributed by atoms with van der Waals surface area (Å²) in [5, 5.41) is 12.0. The Kier molecular flexibility index (Phi) is 4.24. The van der Waals surface area contributed by atoms with Gasteiger partial charge in [-0.05, 0) is 12.1 Å². The van der Waals surface area contributed by atoms with Gasteiger partial charge in [0.25, 0.3) is 0 Å². The molecule has 0 aromatic carbocycles. The maximum Gasteiger partial charge on any atom is 0.416 e. The fourth-order valence-corrected chi connectivity index (χ4v) is 1.78. The SMILES string of the molecule is OCc1cccnc1NC1C=CC=CC(C(F)(F)F)=C1. The van der Waals surface area contributed by atoms with Gasteiger partial charge in [0.1, 0.15) is 5.82 Å². The molecule has 0 saturated carbocycles. The molecule has 20 heavy (non-hydrogen) atoms. The lowest BCUT2D eigenvalue weighted by Gasteiger charge is -2.15. The molecule has 0 bridgehead atoms. The maximum atomic E-state index is 12.7. The molecule has 6 heteroatoms. The first kappa shape index (κ1) is 14.3. The Hall–Kier alpha value is -2.08. The number of aliphatic hydroxyl groups excluding tert-OH is 1. The van der Waals surface area contributed by atoms with Crippen molar-refractivity contribution in [3.8, 4) is 0 Å². The molecule has 1 atom stereocenters. The van der Waals surface area contributed by atoms with Crippen molar-refractivity contribution in [1.29, 1.82) is 0 Å². The Bertz CT molecular complexity index is 562. The van der Waals surface area contributed by atoms with Crippen LogP contribution in [0.25, 0.3) is 0 Å². The number of anilines is 1. The molecule has 1 aliphatic carbocycles. The molecule has 106 valence electrons. The van der Waals surface area contributed by atoms with Gasteiger partial charge in [0.2, 0.25) is 0 Å². The van der Waals surface area contributed by atoms with Crippen LogP contribution in [0.3, 0.4) is 0 Å². The summed E-state index contributed by atoms with van der Waals surface area (Å²) < 4.78 is 38.2. The summed E-state index contributed by atoms with van der Waals surface area (Å²) in [5.74, 6) is 0.365. The summed E-state index contributed by atoms with van der Waals surface area (Å²) in [6.45, 7) is -0.235. The fraction of sp³-hybridized carbons (Fsp3) is 0.214. The first-order valence-corrected chi connectivity index (χ1v) is 5.96. The van der Waals surface area contributed by atoms with Crippen molar-refractivity contribution in [3.63, 3.8) is 0 Å². The van der Waals surface area contributed by atoms with Gasteiger partial charge < -0.3 is 10.4 Å². The molecule has 1 aromatic rings. The minimum atomic E-state index is -4.40. The molecule has 1 unspecified atom stereocenters. The van der Waals surface area contributed by atoms with Crippen molar-refractivity contribution in [3.05, 3.63) is 59.8 Å². The van der Waals surface area contributed by atoms with Crippen LogP contribution in [0.2, 0.25) is 0 Å². The minimum absolute atomic E-state index is 0.235. The Labute approximate surface area is 114 Å². The van der Waals surface area contributed by atoms with Crippen LogP contribution >= 0.6 is 0 Å². The van der Waals surface area contributed by atoms with Crippen LogP contribution in [0.4, 0.5) is 19.0 Å². The highest BCUT2D eigenvalue weighted by Gasteiger charge is 2.32. The topological polar surface area (TPSA) is 45.2 Å². The van der Waals surface area contributed by atoms with Crippen molar-refractivity contribution in [1.82, 2.24) is 4.98 Å². The Morgan fingerprint density at radius 3 is 2.80 bits per heavy atom. The highest BCUT2D eigenvalue weighted by atomic mass is 19.4. The number of aromatic nitrogens is 1. The molecule has 0 aliphatic heterocycles. The highest BCUT2D eigenvalue weighted by molar-refractivity contribution is 5.48. The zero-order chi connectivity index (χ0) is 14.6. The van der Waals surface area contributed by atoms with Crippen LogP contribution in [0.1, 0.15) is 5.56 Å². The van der Waals surface area contributed by atoms with Gasteiger partial charge >= 0.3 is 6.18 Å². The zero-order valence-corrected chi connectivity index (χ0v) is 10.4. The molecule has 0 amide bonds. The molecule has 0 spiro atoms. The molecular weight excluding hydrogens is 269 g/mol. The molecule has 0 saturated heterocycles. The highest BCUT2D eigenvalue weighted by Crippen LogP contribution is 2.28. The number of aliphatic hydroxyl groups is 1. The van der Waals surface area contributed by atoms with Gasteiger partial charge in [0.15, 0.2) is 0 Å². The monoisotopic (exact) mass is 282 g/mol. The van der Waals surface area contributed by atoms with E-state index in [1.807, 2.05) is 0 Å². The molecule has 1 heterocycles. The predicted molar refractivity (Wildman–Crippen MR) is 70.0 cm³/mol. The minimum Gasteiger partial charge on any atom is -0.392 e. The number of allylic oxidation sites excluding steroid dienone is 4. The standard InChI is InChI=1S/C14H13F3N2O/c15-14(16,17)11-5-1-2-6-12(8-11)19-13-10(9-20)4-3-7-18-13/h1-8,12,20H,9H2,(H,18,19). The summed E-state index contributed by atoms with van der Waals surface area (Å²) in [7, 11) is 0. The second kappa shape index (κ2) is 5.92. The Balaban J connectivity index is 2.24. The van der Waals surface area contributed by atoms with Crippen LogP contribution in [0.5, 0.6) is 0 Å². The maximum absolute atomic E-state index is 12.7. The van der Waals surface area contributed by atoms with E-state index < -0.39 is 17.8 Å². The number of alkyl halides is 3. The molecule has 0 fully saturated rings. The second-order valence-electron chi connectivity index (χ2n) is 4.20. The number of rotatable bonds is 3. The van der Waals surface area contributed by atoms with Crippen LogP contribution in [-0.2, 0) is 6.61 Å². The average Bonchev–Trinajstić information content (AvgIpc) is 2.64. The van der Waals surface area contributed by atoms with Gasteiger partial charge in [-0.25, -0.2) is 4.98 Å². The van der Waals surface area contributed by atoms with Gasteiger partial charge in [0.05, 0.1) is 18.2 Å². The third kappa shape index (κ3) is 3.48. The lowest BCUT2D eigenvalue weighted by atomic mass is 10.1. The molecule has 0 radical (unpaired) electrons. The zero-order valence-electron chi connectivity index (χ0n) is 10.4. The summed E-state index contributed by atoms with van der Waals surface area (Å²) >= 11 is 0. The van der Waals surface area contributed by atoms with Crippen LogP contribution < -0.4 is 5.32 Å². The lowest BCUT2D eigenvalue weighted by Crippen LogP contribution is -2.19. The smallest absolute Gasteiger partial charge is 0.392 e. The van der Waals surface area contributed by atoms with Crippen molar-refractivity contribution < 1.29 is 18.3 Å². The van der Waals surface area contributed by atoms with Gasteiger partial charge in [-0.15, -0.1) is 0 Å². The summed E-state index contributed by atoms with van der Waals surface area (Å²) in [4.78, 5) is 4.03. The number of halogens is 3. The van der Waals surface area contributed by atoms with E-state index >= 15 is 0 Å². The van der Waals surface area contributed by atoms with E-state index in [2.05, 4.69) is 10.3 Å². The third-order valence-corrected chi connectivity index (χ3v) is 2.76. The second-order valence-corrected chi connectivity index (χ2v) is 4.20. The molecule has 1 aromatic heterocycles. The largest absolute Gasteiger partial charge is 0.416 e. The third-order valence-electron chi connectivity index (χ3n) is 2.76. The van der Waals surface area contributed by atoms with E-state index in [0.29, 0.717) is 11.4 Å². The predicted octanol–water partition coefficient (Wildman–Crippen LogP) is 2.97. The summed E-state index contributed by atoms with van der Waals surface area (Å²) in [6.07, 6.45) is 3.67. The van der Waals surface area contributed by atoms with E-state index in [1.54, 1.807) is 18.2 Å². The quantitative estimate of drug-likeness (QED) is 0.896. The van der Waals surface area contributed by atoms with E-state index in [4.69, 9.17) is 0 Å². The van der Waals surface area contributed by atoms with Crippen molar-refractivity contribution >= 4 is 5.82 Å². The number of hydrogen-bond donors (Lipinski definition) is 2. The van der Waals surface area contributed by atoms with Crippen molar-refractivity contribution in [2.75, 3.05) is 5.32 Å². The molecule has 2 N–H and O–H groups in total. The summed E-state index contributed by atoms with van der Waals surface area (Å²) in [5.41, 5.74) is -0.193. The lowest BCUT2D eigenvalue weighted by molar-refractivity contribution is -0.0884. The normalized spacial score (nSPS) is 18.6. The fourth-order valence-electron chi connectivity index (χ4n) is 1.78. The van der Waals surface area contributed by atoms with E-state index in [-0.39, 0.29) is 6.61 Å². The van der Waals surface area contributed by atoms with Crippen LogP contribution in [0, 0.1) is 0 Å². The molecule has 3 nitrogen and oxygen atoms in total. The molecular formula is C14H13F3N2O. The number of nitrogens with zero attached hydrogens (tertiary/aromatic N) is 1. The van der Waals surface area contributed by atoms with Gasteiger partial charge in [-0.2, -0.15) is 13.2 Å². The molecule has 1 aliphatic rings. The Morgan fingerprint density at radius 1 is 1.30 bits per heavy atom. The summed E-state index contributed by atoms with van der Waals surface area (Å²) in [6, 6.07) is 2.66. The van der Waals surface area contributed by atoms with E-state index in [1.165, 1.54) is 18.3 Å². The first-order valence-electron chi connectivity index (χ1n) is 5.96. The van der Waals surface area contributed by atoms with Gasteiger partial charge in [-0.3, -0.25) is 0 Å². The number of pyridine rings is 1. The average molecular weight is 282 g/mol. The van der Waals surface area contributed by atoms with Gasteiger partial charge in [0, 0.05) is 11.8 Å². The Morgan fingerprint density at radius 2 is 2.10 bits per heavy atom. The van der Waals surface area contributed by atoms with Crippen molar-refractivity contribution in [2.45, 2.75) is 18.8 Å². The number of nitrogens with one attached hydrogen (secondary N) is 1. The van der Waals surface area contributed by atoms with E-state index in [0.717, 1.165) is 12.2 Å². The van der Waals surface area contributed by atoms with E-state index in [9.17, 15) is 18.3 Å². The first-order chi connectivity index (χ1) is 9.50. The van der Waals surface area contributed by atoms with Crippen molar-refractivity contribution in [2.24, 2.45) is 0 Å². The van der Waals surface area contributed by atoms with Crippen LogP contribution in [-0.4, -0.2) is 22.3 Å². The molecule has 2 rings (SSSR count). The van der Waals surface area contributed by atoms with Crippen LogP contribution in [0.15, 0.2) is 54.3 Å².